The number of hydrogen-bond donors (Lipinski definition) is 2. The van der Waals surface area contributed by atoms with E-state index in [4.69, 9.17) is 0 Å². The fourth-order valence-electron chi connectivity index (χ4n) is 3.78. The van der Waals surface area contributed by atoms with Gasteiger partial charge in [0, 0.05) is 37.6 Å². The topological polar surface area (TPSA) is 88.0 Å². The van der Waals surface area contributed by atoms with E-state index in [1.54, 1.807) is 24.0 Å². The Morgan fingerprint density at radius 3 is 2.69 bits per heavy atom. The molecule has 1 amide bonds. The number of carbonyl (C=O) groups is 1. The summed E-state index contributed by atoms with van der Waals surface area (Å²) >= 11 is 0. The standard InChI is InChI=1S/C22H26FN7O.H2S/c1-5-18-22(31)28-21-14(3)27-20(7-19(21)29(18)4)25-9-16-10-26-30(12-16)11-15-6-17(23)13(2)24-8-15;/h6-8,10,12,18H,5,9,11H2,1-4H3,(H,25,27)(H,28,31);1H2/t18-;/m0./s1. The molecule has 3 aromatic rings. The second-order valence-corrected chi connectivity index (χ2v) is 7.82. The van der Waals surface area contributed by atoms with Crippen LogP contribution in [0.1, 0.15) is 35.9 Å². The highest BCUT2D eigenvalue weighted by atomic mass is 32.1. The second kappa shape index (κ2) is 9.56. The predicted octanol–water partition coefficient (Wildman–Crippen LogP) is 3.37. The molecule has 1 atom stereocenters. The minimum atomic E-state index is -0.313. The quantitative estimate of drug-likeness (QED) is 0.590. The Bertz CT molecular complexity index is 1130. The highest BCUT2D eigenvalue weighted by Gasteiger charge is 2.30. The molecule has 2 N–H and O–H groups in total. The highest BCUT2D eigenvalue weighted by molar-refractivity contribution is 7.59. The van der Waals surface area contributed by atoms with Gasteiger partial charge in [-0.25, -0.2) is 9.37 Å². The summed E-state index contributed by atoms with van der Waals surface area (Å²) in [4.78, 5) is 22.9. The summed E-state index contributed by atoms with van der Waals surface area (Å²) in [5.74, 6) is 0.415. The molecule has 0 saturated carbocycles. The van der Waals surface area contributed by atoms with Crippen molar-refractivity contribution in [1.82, 2.24) is 19.7 Å². The zero-order valence-corrected chi connectivity index (χ0v) is 19.6. The maximum absolute atomic E-state index is 13.7. The molecule has 170 valence electrons. The molecule has 0 unspecified atom stereocenters. The summed E-state index contributed by atoms with van der Waals surface area (Å²) in [6.45, 7) is 6.51. The molecule has 0 aliphatic carbocycles. The number of anilines is 3. The van der Waals surface area contributed by atoms with Gasteiger partial charge in [-0.15, -0.1) is 0 Å². The lowest BCUT2D eigenvalue weighted by molar-refractivity contribution is -0.117. The molecule has 1 aliphatic heterocycles. The van der Waals surface area contributed by atoms with Crippen molar-refractivity contribution in [3.05, 3.63) is 59.1 Å². The predicted molar refractivity (Wildman–Crippen MR) is 128 cm³/mol. The number of nitrogens with zero attached hydrogens (tertiary/aromatic N) is 5. The van der Waals surface area contributed by atoms with Crippen LogP contribution < -0.4 is 15.5 Å². The summed E-state index contributed by atoms with van der Waals surface area (Å²) in [5, 5.41) is 10.7. The van der Waals surface area contributed by atoms with E-state index in [0.717, 1.165) is 40.4 Å². The average molecular weight is 458 g/mol. The first-order valence-electron chi connectivity index (χ1n) is 10.3. The van der Waals surface area contributed by atoms with E-state index < -0.39 is 0 Å². The van der Waals surface area contributed by atoms with E-state index in [-0.39, 0.29) is 31.3 Å². The van der Waals surface area contributed by atoms with Gasteiger partial charge in [0.05, 0.1) is 35.5 Å². The minimum absolute atomic E-state index is 0. The molecule has 8 nitrogen and oxygen atoms in total. The average Bonchev–Trinajstić information content (AvgIpc) is 3.18. The maximum Gasteiger partial charge on any atom is 0.247 e. The van der Waals surface area contributed by atoms with Gasteiger partial charge in [0.25, 0.3) is 0 Å². The third kappa shape index (κ3) is 4.69. The number of rotatable bonds is 6. The Morgan fingerprint density at radius 1 is 1.19 bits per heavy atom. The molecule has 0 bridgehead atoms. The highest BCUT2D eigenvalue weighted by Crippen LogP contribution is 2.35. The first-order valence-corrected chi connectivity index (χ1v) is 10.3. The van der Waals surface area contributed by atoms with E-state index in [1.807, 2.05) is 38.1 Å². The number of amides is 1. The number of aromatic nitrogens is 4. The number of aryl methyl sites for hydroxylation is 2. The largest absolute Gasteiger partial charge is 0.366 e. The Balaban J connectivity index is 0.00000289. The van der Waals surface area contributed by atoms with Crippen LogP contribution in [0.25, 0.3) is 0 Å². The minimum Gasteiger partial charge on any atom is -0.366 e. The van der Waals surface area contributed by atoms with Crippen LogP contribution in [0.2, 0.25) is 0 Å². The lowest BCUT2D eigenvalue weighted by atomic mass is 10.1. The molecule has 0 radical (unpaired) electrons. The van der Waals surface area contributed by atoms with Crippen LogP contribution in [0.5, 0.6) is 0 Å². The fourth-order valence-corrected chi connectivity index (χ4v) is 3.78. The molecular weight excluding hydrogens is 429 g/mol. The monoisotopic (exact) mass is 457 g/mol. The number of likely N-dealkylation sites (N-methyl/N-ethyl adjacent to an activating group) is 1. The maximum atomic E-state index is 13.7. The van der Waals surface area contributed by atoms with Gasteiger partial charge in [0.2, 0.25) is 5.91 Å². The number of carbonyl (C=O) groups excluding carboxylic acids is 1. The van der Waals surface area contributed by atoms with Crippen molar-refractivity contribution >= 4 is 36.6 Å². The molecule has 32 heavy (non-hydrogen) atoms. The van der Waals surface area contributed by atoms with E-state index in [0.29, 0.717) is 18.8 Å². The molecule has 4 rings (SSSR count). The second-order valence-electron chi connectivity index (χ2n) is 7.82. The Kier molecular flexibility index (Phi) is 7.02. The number of hydrogen-bond acceptors (Lipinski definition) is 6. The van der Waals surface area contributed by atoms with Crippen LogP contribution >= 0.6 is 13.5 Å². The number of halogens is 1. The zero-order valence-electron chi connectivity index (χ0n) is 18.6. The van der Waals surface area contributed by atoms with Crippen LogP contribution in [0.15, 0.2) is 30.7 Å². The van der Waals surface area contributed by atoms with Crippen LogP contribution in [0, 0.1) is 19.7 Å². The lowest BCUT2D eigenvalue weighted by Crippen LogP contribution is -2.45. The molecule has 4 heterocycles. The van der Waals surface area contributed by atoms with Crippen molar-refractivity contribution in [3.8, 4) is 0 Å². The van der Waals surface area contributed by atoms with E-state index in [9.17, 15) is 9.18 Å². The SMILES string of the molecule is CC[C@H]1C(=O)Nc2c(cc(NCc3cnn(Cc4cnc(C)c(F)c4)c3)nc2C)N1C.S. The molecule has 0 fully saturated rings. The Labute approximate surface area is 193 Å². The molecule has 0 saturated heterocycles. The van der Waals surface area contributed by atoms with Crippen LogP contribution in [0.4, 0.5) is 21.6 Å². The molecule has 0 aromatic carbocycles. The summed E-state index contributed by atoms with van der Waals surface area (Å²) in [6.07, 6.45) is 6.08. The third-order valence-corrected chi connectivity index (χ3v) is 5.55. The summed E-state index contributed by atoms with van der Waals surface area (Å²) in [7, 11) is 1.93. The van der Waals surface area contributed by atoms with Gasteiger partial charge in [-0.1, -0.05) is 6.92 Å². The summed E-state index contributed by atoms with van der Waals surface area (Å²) in [5.41, 5.74) is 4.59. The van der Waals surface area contributed by atoms with E-state index in [1.165, 1.54) is 6.07 Å². The van der Waals surface area contributed by atoms with E-state index in [2.05, 4.69) is 25.7 Å². The van der Waals surface area contributed by atoms with Crippen molar-refractivity contribution in [2.45, 2.75) is 46.3 Å². The van der Waals surface area contributed by atoms with Crippen molar-refractivity contribution in [2.24, 2.45) is 0 Å². The van der Waals surface area contributed by atoms with Crippen molar-refractivity contribution in [2.75, 3.05) is 22.6 Å². The molecule has 3 aromatic heterocycles. The van der Waals surface area contributed by atoms with Crippen LogP contribution in [-0.4, -0.2) is 38.7 Å². The normalized spacial score (nSPS) is 15.1. The Hall–Kier alpha value is -3.14. The first kappa shape index (κ1) is 23.5. The van der Waals surface area contributed by atoms with E-state index >= 15 is 0 Å². The van der Waals surface area contributed by atoms with Crippen molar-refractivity contribution in [3.63, 3.8) is 0 Å². The molecule has 10 heteroatoms. The zero-order chi connectivity index (χ0) is 22.1. The van der Waals surface area contributed by atoms with Gasteiger partial charge in [0.1, 0.15) is 17.7 Å². The smallest absolute Gasteiger partial charge is 0.247 e. The van der Waals surface area contributed by atoms with Gasteiger partial charge >= 0.3 is 0 Å². The lowest BCUT2D eigenvalue weighted by Gasteiger charge is -2.35. The van der Waals surface area contributed by atoms with Gasteiger partial charge in [-0.3, -0.25) is 14.5 Å². The molecule has 1 aliphatic rings. The summed E-state index contributed by atoms with van der Waals surface area (Å²) in [6, 6.07) is 3.25. The third-order valence-electron chi connectivity index (χ3n) is 5.55. The van der Waals surface area contributed by atoms with Crippen LogP contribution in [-0.2, 0) is 17.9 Å². The number of fused-ring (bicyclic) bond motifs is 1. The van der Waals surface area contributed by atoms with Gasteiger partial charge in [-0.2, -0.15) is 18.6 Å². The van der Waals surface area contributed by atoms with Crippen molar-refractivity contribution in [1.29, 1.82) is 0 Å². The number of pyridine rings is 2. The van der Waals surface area contributed by atoms with Gasteiger partial charge in [0.15, 0.2) is 0 Å². The molecule has 0 spiro atoms. The molecular formula is C22H28FN7OS. The number of nitrogens with one attached hydrogen (secondary N) is 2. The Morgan fingerprint density at radius 2 is 1.97 bits per heavy atom. The van der Waals surface area contributed by atoms with Gasteiger partial charge < -0.3 is 15.5 Å². The summed E-state index contributed by atoms with van der Waals surface area (Å²) < 4.78 is 15.5. The first-order chi connectivity index (χ1) is 14.9. The fraction of sp³-hybridized carbons (Fsp3) is 0.364. The van der Waals surface area contributed by atoms with Crippen LogP contribution in [0.3, 0.4) is 0 Å². The van der Waals surface area contributed by atoms with Gasteiger partial charge in [-0.05, 0) is 31.9 Å². The van der Waals surface area contributed by atoms with Crippen molar-refractivity contribution < 1.29 is 9.18 Å².